The third kappa shape index (κ3) is 9.32. The second-order valence-electron chi connectivity index (χ2n) is 15.3. The van der Waals surface area contributed by atoms with Crippen molar-refractivity contribution >= 4 is 29.3 Å². The molecule has 0 spiro atoms. The lowest BCUT2D eigenvalue weighted by Gasteiger charge is -2.27. The summed E-state index contributed by atoms with van der Waals surface area (Å²) < 4.78 is 32.1. The Hall–Kier alpha value is -6.23. The Morgan fingerprint density at radius 2 is 1.27 bits per heavy atom. The molecule has 2 aliphatic heterocycles. The van der Waals surface area contributed by atoms with Crippen LogP contribution in [0.2, 0.25) is 10.0 Å². The number of ether oxygens (including phenoxy) is 3. The number of amides is 1. The van der Waals surface area contributed by atoms with Gasteiger partial charge in [-0.1, -0.05) is 63.8 Å². The summed E-state index contributed by atoms with van der Waals surface area (Å²) in [6, 6.07) is 20.4. The van der Waals surface area contributed by atoms with Crippen molar-refractivity contribution in [3.05, 3.63) is 105 Å². The highest BCUT2D eigenvalue weighted by Gasteiger charge is 2.28. The van der Waals surface area contributed by atoms with Crippen LogP contribution in [0.5, 0.6) is 11.5 Å². The fourth-order valence-electron chi connectivity index (χ4n) is 7.12. The van der Waals surface area contributed by atoms with Gasteiger partial charge in [0.05, 0.1) is 35.3 Å². The molecule has 0 saturated heterocycles. The fourth-order valence-corrected chi connectivity index (χ4v) is 7.57. The summed E-state index contributed by atoms with van der Waals surface area (Å²) in [4.78, 5) is 32.7. The van der Waals surface area contributed by atoms with Crippen LogP contribution in [-0.4, -0.2) is 75.7 Å². The van der Waals surface area contributed by atoms with Crippen molar-refractivity contribution in [2.45, 2.75) is 86.5 Å². The summed E-state index contributed by atoms with van der Waals surface area (Å²) in [5.74, 6) is 4.56. The van der Waals surface area contributed by atoms with Gasteiger partial charge in [0.25, 0.3) is 11.8 Å². The third-order valence-electron chi connectivity index (χ3n) is 10.1. The second-order valence-corrected chi connectivity index (χ2v) is 16.2. The van der Waals surface area contributed by atoms with E-state index in [0.717, 1.165) is 59.5 Å². The van der Waals surface area contributed by atoms with Gasteiger partial charge in [-0.15, -0.1) is 0 Å². The maximum absolute atomic E-state index is 12.6. The largest absolute Gasteiger partial charge is 0.489 e. The predicted octanol–water partition coefficient (Wildman–Crippen LogP) is 8.95. The van der Waals surface area contributed by atoms with E-state index >= 15 is 0 Å². The molecule has 0 unspecified atom stereocenters. The summed E-state index contributed by atoms with van der Waals surface area (Å²) in [5, 5.41) is 12.5. The number of fused-ring (bicyclic) bond motifs is 2. The Morgan fingerprint density at radius 3 is 1.81 bits per heavy atom. The molecule has 0 fully saturated rings. The number of nitrogens with zero attached hydrogens (tertiary/aromatic N) is 9. The van der Waals surface area contributed by atoms with Crippen LogP contribution >= 0.6 is 23.2 Å². The first-order valence-corrected chi connectivity index (χ1v) is 21.1. The monoisotopic (exact) mass is 880 g/mol. The van der Waals surface area contributed by atoms with E-state index in [0.29, 0.717) is 75.9 Å². The Bertz CT molecular complexity index is 2690. The highest BCUT2D eigenvalue weighted by atomic mass is 35.5. The number of imidazole rings is 2. The fraction of sp³-hybridized carbons (Fsp3) is 0.341. The standard InChI is InChI=1S/C26H26ClN5O4.C18H20ClN5O2/c1-16(2)35-21-10-9-19(13-20(21)27)24-29-25(36-30-24)23-17(3)32-12-11-31(14-22(32)28-23)26(33)34-15-18-7-5-4-6-8-18;1-10(2)25-14-5-4-12(8-13(14)19)17-22-18(26-23-17)16-11(3)24-7-6-20-9-15(24)21-16/h4-10,13,16H,11-12,14-15H2,1-3H3;4-5,8,10,20H,6-7,9H2,1-3H3. The van der Waals surface area contributed by atoms with E-state index in [-0.39, 0.29) is 24.9 Å². The van der Waals surface area contributed by atoms with Crippen molar-refractivity contribution < 1.29 is 28.1 Å². The molecule has 18 heteroatoms. The number of carbonyl (C=O) groups excluding carboxylic acids is 1. The van der Waals surface area contributed by atoms with E-state index in [1.165, 1.54) is 0 Å². The molecule has 4 aromatic heterocycles. The van der Waals surface area contributed by atoms with Crippen LogP contribution in [0.3, 0.4) is 0 Å². The quantitative estimate of drug-likeness (QED) is 0.138. The maximum atomic E-state index is 12.6. The van der Waals surface area contributed by atoms with Gasteiger partial charge in [-0.25, -0.2) is 14.8 Å². The number of carbonyl (C=O) groups is 1. The van der Waals surface area contributed by atoms with E-state index < -0.39 is 0 Å². The predicted molar refractivity (Wildman–Crippen MR) is 232 cm³/mol. The van der Waals surface area contributed by atoms with Gasteiger partial charge in [0.15, 0.2) is 0 Å². The minimum Gasteiger partial charge on any atom is -0.489 e. The van der Waals surface area contributed by atoms with Gasteiger partial charge in [-0.2, -0.15) is 9.97 Å². The van der Waals surface area contributed by atoms with E-state index in [1.807, 2.05) is 90.1 Å². The molecule has 2 aliphatic rings. The number of rotatable bonds is 10. The summed E-state index contributed by atoms with van der Waals surface area (Å²) in [6.07, 6.45) is -0.296. The van der Waals surface area contributed by atoms with Crippen LogP contribution in [0, 0.1) is 13.8 Å². The molecule has 7 aromatic rings. The number of halogens is 2. The van der Waals surface area contributed by atoms with Crippen molar-refractivity contribution in [2.24, 2.45) is 0 Å². The highest BCUT2D eigenvalue weighted by Crippen LogP contribution is 2.34. The van der Waals surface area contributed by atoms with E-state index in [1.54, 1.807) is 23.1 Å². The first-order chi connectivity index (χ1) is 29.9. The zero-order valence-corrected chi connectivity index (χ0v) is 36.7. The normalized spacial score (nSPS) is 13.4. The molecule has 6 heterocycles. The highest BCUT2D eigenvalue weighted by molar-refractivity contribution is 6.32. The molecular weight excluding hydrogens is 835 g/mol. The lowest BCUT2D eigenvalue weighted by molar-refractivity contribution is 0.0860. The van der Waals surface area contributed by atoms with Gasteiger partial charge in [0.1, 0.15) is 41.1 Å². The van der Waals surface area contributed by atoms with Crippen molar-refractivity contribution in [1.29, 1.82) is 0 Å². The molecule has 9 rings (SSSR count). The van der Waals surface area contributed by atoms with Gasteiger partial charge in [0.2, 0.25) is 11.6 Å². The van der Waals surface area contributed by atoms with Gasteiger partial charge < -0.3 is 37.7 Å². The lowest BCUT2D eigenvalue weighted by atomic mass is 10.2. The minimum absolute atomic E-state index is 0.0155. The van der Waals surface area contributed by atoms with Crippen LogP contribution in [0.4, 0.5) is 4.79 Å². The van der Waals surface area contributed by atoms with E-state index in [4.69, 9.17) is 51.4 Å². The molecule has 0 atom stereocenters. The van der Waals surface area contributed by atoms with Crippen LogP contribution in [0.1, 0.15) is 56.3 Å². The molecule has 1 amide bonds. The number of aromatic nitrogens is 8. The topological polar surface area (TPSA) is 174 Å². The summed E-state index contributed by atoms with van der Waals surface area (Å²) in [7, 11) is 0. The Kier molecular flexibility index (Phi) is 12.6. The summed E-state index contributed by atoms with van der Waals surface area (Å²) in [5.41, 5.74) is 5.68. The van der Waals surface area contributed by atoms with E-state index in [2.05, 4.69) is 39.7 Å². The molecular formula is C44H46Cl2N10O6. The molecule has 0 aliphatic carbocycles. The number of nitrogens with one attached hydrogen (secondary N) is 1. The first kappa shape index (κ1) is 42.5. The average molecular weight is 882 g/mol. The van der Waals surface area contributed by atoms with Gasteiger partial charge in [-0.3, -0.25) is 4.90 Å². The molecule has 16 nitrogen and oxygen atoms in total. The molecule has 3 aromatic carbocycles. The van der Waals surface area contributed by atoms with E-state index in [9.17, 15) is 4.79 Å². The zero-order chi connectivity index (χ0) is 43.5. The number of hydrogen-bond acceptors (Lipinski definition) is 13. The van der Waals surface area contributed by atoms with Crippen LogP contribution in [0.25, 0.3) is 45.9 Å². The van der Waals surface area contributed by atoms with Gasteiger partial charge in [-0.05, 0) is 83.5 Å². The smallest absolute Gasteiger partial charge is 0.410 e. The lowest BCUT2D eigenvalue weighted by Crippen LogP contribution is -2.38. The molecule has 1 N–H and O–H groups in total. The summed E-state index contributed by atoms with van der Waals surface area (Å²) in [6.45, 7) is 16.0. The molecule has 0 saturated carbocycles. The molecule has 0 bridgehead atoms. The van der Waals surface area contributed by atoms with Gasteiger partial charge in [0, 0.05) is 48.7 Å². The van der Waals surface area contributed by atoms with Crippen molar-refractivity contribution in [1.82, 2.24) is 49.6 Å². The Labute approximate surface area is 368 Å². The molecule has 62 heavy (non-hydrogen) atoms. The first-order valence-electron chi connectivity index (χ1n) is 20.3. The maximum Gasteiger partial charge on any atom is 0.410 e. The Balaban J connectivity index is 0.000000180. The third-order valence-corrected chi connectivity index (χ3v) is 10.7. The summed E-state index contributed by atoms with van der Waals surface area (Å²) >= 11 is 12.7. The van der Waals surface area contributed by atoms with Crippen LogP contribution in [0.15, 0.2) is 75.8 Å². The van der Waals surface area contributed by atoms with Crippen LogP contribution < -0.4 is 14.8 Å². The number of benzene rings is 3. The zero-order valence-electron chi connectivity index (χ0n) is 35.2. The second kappa shape index (κ2) is 18.4. The molecule has 0 radical (unpaired) electrons. The van der Waals surface area contributed by atoms with Gasteiger partial charge >= 0.3 is 6.09 Å². The molecule has 322 valence electrons. The SMILES string of the molecule is Cc1c(-c2nc(-c3ccc(OC(C)C)c(Cl)c3)no2)nc2n1CCN(C(=O)OCc1ccccc1)C2.Cc1c(-c2nc(-c3ccc(OC(C)C)c(Cl)c3)no2)nc2n1CCNC2. The minimum atomic E-state index is -0.367. The average Bonchev–Trinajstić information content (AvgIpc) is 4.08. The van der Waals surface area contributed by atoms with Crippen LogP contribution in [-0.2, 0) is 37.5 Å². The Morgan fingerprint density at radius 1 is 0.726 bits per heavy atom. The van der Waals surface area contributed by atoms with Crippen molar-refractivity contribution in [2.75, 3.05) is 13.1 Å². The number of hydrogen-bond donors (Lipinski definition) is 1. The van der Waals surface area contributed by atoms with Crippen molar-refractivity contribution in [3.63, 3.8) is 0 Å². The van der Waals surface area contributed by atoms with Crippen molar-refractivity contribution in [3.8, 4) is 57.4 Å².